The Morgan fingerprint density at radius 2 is 2.25 bits per heavy atom. The first kappa shape index (κ1) is 13.6. The lowest BCUT2D eigenvalue weighted by Gasteiger charge is -2.18. The van der Waals surface area contributed by atoms with Gasteiger partial charge in [0.05, 0.1) is 12.8 Å². The van der Waals surface area contributed by atoms with E-state index in [-0.39, 0.29) is 0 Å². The standard InChI is InChI=1S/C15H18BrN3O/c1-18(8-11-7-17-19(2)9-11)10-13-6-14(16)5-12-3-4-20-15(12)13/h5-7,9H,3-4,8,10H2,1-2H3. The van der Waals surface area contributed by atoms with E-state index >= 15 is 0 Å². The molecule has 3 rings (SSSR count). The summed E-state index contributed by atoms with van der Waals surface area (Å²) in [6.45, 7) is 2.55. The number of aromatic nitrogens is 2. The monoisotopic (exact) mass is 335 g/mol. The predicted octanol–water partition coefficient (Wildman–Crippen LogP) is 2.75. The smallest absolute Gasteiger partial charge is 0.127 e. The number of benzene rings is 1. The van der Waals surface area contributed by atoms with Gasteiger partial charge in [-0.15, -0.1) is 0 Å². The summed E-state index contributed by atoms with van der Waals surface area (Å²) in [5.41, 5.74) is 3.78. The van der Waals surface area contributed by atoms with Crippen LogP contribution >= 0.6 is 15.9 Å². The first-order valence-corrected chi connectivity index (χ1v) is 7.51. The van der Waals surface area contributed by atoms with Crippen molar-refractivity contribution in [1.82, 2.24) is 14.7 Å². The molecule has 0 N–H and O–H groups in total. The minimum atomic E-state index is 0.797. The molecule has 20 heavy (non-hydrogen) atoms. The molecule has 0 saturated carbocycles. The third-order valence-electron chi connectivity index (χ3n) is 3.48. The summed E-state index contributed by atoms with van der Waals surface area (Å²) in [6, 6.07) is 4.32. The number of nitrogens with zero attached hydrogens (tertiary/aromatic N) is 3. The number of rotatable bonds is 4. The Hall–Kier alpha value is -1.33. The van der Waals surface area contributed by atoms with Crippen molar-refractivity contribution in [3.63, 3.8) is 0 Å². The average Bonchev–Trinajstić information content (AvgIpc) is 2.98. The van der Waals surface area contributed by atoms with Crippen molar-refractivity contribution < 1.29 is 4.74 Å². The molecule has 1 aromatic carbocycles. The van der Waals surface area contributed by atoms with Crippen molar-refractivity contribution in [2.45, 2.75) is 19.5 Å². The summed E-state index contributed by atoms with van der Waals surface area (Å²) >= 11 is 3.59. The fourth-order valence-corrected chi connectivity index (χ4v) is 3.23. The van der Waals surface area contributed by atoms with Gasteiger partial charge in [-0.25, -0.2) is 0 Å². The lowest BCUT2D eigenvalue weighted by Crippen LogP contribution is -2.17. The van der Waals surface area contributed by atoms with E-state index < -0.39 is 0 Å². The van der Waals surface area contributed by atoms with Crippen molar-refractivity contribution in [2.75, 3.05) is 13.7 Å². The van der Waals surface area contributed by atoms with E-state index in [0.29, 0.717) is 0 Å². The van der Waals surface area contributed by atoms with Crippen LogP contribution in [0.2, 0.25) is 0 Å². The molecule has 0 spiro atoms. The predicted molar refractivity (Wildman–Crippen MR) is 81.7 cm³/mol. The molecule has 0 aliphatic carbocycles. The van der Waals surface area contributed by atoms with E-state index in [1.165, 1.54) is 16.7 Å². The highest BCUT2D eigenvalue weighted by Crippen LogP contribution is 2.33. The Morgan fingerprint density at radius 1 is 1.40 bits per heavy atom. The zero-order chi connectivity index (χ0) is 14.1. The van der Waals surface area contributed by atoms with E-state index in [1.807, 2.05) is 17.9 Å². The fraction of sp³-hybridized carbons (Fsp3) is 0.400. The molecule has 4 nitrogen and oxygen atoms in total. The zero-order valence-corrected chi connectivity index (χ0v) is 13.4. The quantitative estimate of drug-likeness (QED) is 0.860. The second-order valence-electron chi connectivity index (χ2n) is 5.35. The first-order valence-electron chi connectivity index (χ1n) is 6.72. The Kier molecular flexibility index (Phi) is 3.81. The van der Waals surface area contributed by atoms with Gasteiger partial charge in [-0.1, -0.05) is 15.9 Å². The number of aryl methyl sites for hydroxylation is 1. The first-order chi connectivity index (χ1) is 9.61. The Labute approximate surface area is 127 Å². The molecule has 1 aromatic heterocycles. The normalized spacial score (nSPS) is 13.6. The van der Waals surface area contributed by atoms with Gasteiger partial charge in [0.25, 0.3) is 0 Å². The number of halogens is 1. The molecule has 0 bridgehead atoms. The van der Waals surface area contributed by atoms with Crippen LogP contribution in [0.1, 0.15) is 16.7 Å². The van der Waals surface area contributed by atoms with Crippen molar-refractivity contribution in [3.8, 4) is 5.75 Å². The minimum Gasteiger partial charge on any atom is -0.493 e. The SMILES string of the molecule is CN(Cc1cnn(C)c1)Cc1cc(Br)cc2c1OCC2. The third-order valence-corrected chi connectivity index (χ3v) is 3.93. The van der Waals surface area contributed by atoms with Crippen LogP contribution in [0.4, 0.5) is 0 Å². The molecule has 0 unspecified atom stereocenters. The number of hydrogen-bond acceptors (Lipinski definition) is 3. The Morgan fingerprint density at radius 3 is 3.00 bits per heavy atom. The van der Waals surface area contributed by atoms with Crippen molar-refractivity contribution in [2.24, 2.45) is 7.05 Å². The summed E-state index contributed by atoms with van der Waals surface area (Å²) in [5.74, 6) is 1.08. The molecule has 0 atom stereocenters. The summed E-state index contributed by atoms with van der Waals surface area (Å²) in [6.07, 6.45) is 4.98. The summed E-state index contributed by atoms with van der Waals surface area (Å²) in [5, 5.41) is 4.21. The van der Waals surface area contributed by atoms with Gasteiger partial charge in [0.1, 0.15) is 5.75 Å². The van der Waals surface area contributed by atoms with Gasteiger partial charge in [-0.3, -0.25) is 9.58 Å². The fourth-order valence-electron chi connectivity index (χ4n) is 2.68. The zero-order valence-electron chi connectivity index (χ0n) is 11.8. The van der Waals surface area contributed by atoms with Crippen molar-refractivity contribution in [1.29, 1.82) is 0 Å². The molecule has 1 aliphatic rings. The highest BCUT2D eigenvalue weighted by atomic mass is 79.9. The molecule has 0 amide bonds. The van der Waals surface area contributed by atoms with Crippen LogP contribution in [0, 0.1) is 0 Å². The molecular weight excluding hydrogens is 318 g/mol. The van der Waals surface area contributed by atoms with Gasteiger partial charge in [0.2, 0.25) is 0 Å². The van der Waals surface area contributed by atoms with Crippen LogP contribution in [0.5, 0.6) is 5.75 Å². The molecule has 0 fully saturated rings. The maximum absolute atomic E-state index is 5.78. The van der Waals surface area contributed by atoms with Crippen LogP contribution in [0.15, 0.2) is 29.0 Å². The minimum absolute atomic E-state index is 0.797. The van der Waals surface area contributed by atoms with Crippen molar-refractivity contribution >= 4 is 15.9 Å². The van der Waals surface area contributed by atoms with E-state index in [0.717, 1.165) is 36.3 Å². The molecule has 106 valence electrons. The van der Waals surface area contributed by atoms with Gasteiger partial charge in [-0.05, 0) is 24.7 Å². The van der Waals surface area contributed by atoms with Gasteiger partial charge in [0, 0.05) is 48.4 Å². The van der Waals surface area contributed by atoms with Gasteiger partial charge < -0.3 is 4.74 Å². The molecule has 5 heteroatoms. The molecule has 1 aliphatic heterocycles. The third kappa shape index (κ3) is 2.88. The van der Waals surface area contributed by atoms with Crippen LogP contribution < -0.4 is 4.74 Å². The largest absolute Gasteiger partial charge is 0.493 e. The van der Waals surface area contributed by atoms with Crippen LogP contribution in [-0.4, -0.2) is 28.3 Å². The highest BCUT2D eigenvalue weighted by Gasteiger charge is 2.18. The van der Waals surface area contributed by atoms with Gasteiger partial charge in [0.15, 0.2) is 0 Å². The van der Waals surface area contributed by atoms with E-state index in [4.69, 9.17) is 4.74 Å². The highest BCUT2D eigenvalue weighted by molar-refractivity contribution is 9.10. The van der Waals surface area contributed by atoms with Crippen LogP contribution in [0.3, 0.4) is 0 Å². The summed E-state index contributed by atoms with van der Waals surface area (Å²) in [4.78, 5) is 2.28. The average molecular weight is 336 g/mol. The maximum Gasteiger partial charge on any atom is 0.127 e. The lowest BCUT2D eigenvalue weighted by atomic mass is 10.1. The maximum atomic E-state index is 5.78. The number of hydrogen-bond donors (Lipinski definition) is 0. The number of fused-ring (bicyclic) bond motifs is 1. The van der Waals surface area contributed by atoms with E-state index in [2.05, 4.69) is 51.3 Å². The van der Waals surface area contributed by atoms with Crippen LogP contribution in [-0.2, 0) is 26.6 Å². The second-order valence-corrected chi connectivity index (χ2v) is 6.26. The second kappa shape index (κ2) is 5.58. The van der Waals surface area contributed by atoms with Gasteiger partial charge >= 0.3 is 0 Å². The molecule has 0 radical (unpaired) electrons. The van der Waals surface area contributed by atoms with E-state index in [1.54, 1.807) is 0 Å². The number of ether oxygens (including phenoxy) is 1. The van der Waals surface area contributed by atoms with E-state index in [9.17, 15) is 0 Å². The molecular formula is C15H18BrN3O. The van der Waals surface area contributed by atoms with Crippen LogP contribution in [0.25, 0.3) is 0 Å². The van der Waals surface area contributed by atoms with Gasteiger partial charge in [-0.2, -0.15) is 5.10 Å². The molecule has 0 saturated heterocycles. The Balaban J connectivity index is 1.74. The molecule has 2 aromatic rings. The lowest BCUT2D eigenvalue weighted by molar-refractivity contribution is 0.304. The van der Waals surface area contributed by atoms with Crippen molar-refractivity contribution in [3.05, 3.63) is 45.7 Å². The topological polar surface area (TPSA) is 30.3 Å². The summed E-state index contributed by atoms with van der Waals surface area (Å²) in [7, 11) is 4.06. The summed E-state index contributed by atoms with van der Waals surface area (Å²) < 4.78 is 8.74. The Bertz CT molecular complexity index is 624. The molecule has 2 heterocycles.